The van der Waals surface area contributed by atoms with Gasteiger partial charge in [-0.25, -0.2) is 0 Å². The summed E-state index contributed by atoms with van der Waals surface area (Å²) in [5, 5.41) is 8.66. The standard InChI is InChI=1S/C11H18NO4P/c1-3-4-6-15-9-17(14)7-5-11(8-12)16-10(2)13/h7,11H,3-6,9H2,1-2H3. The Morgan fingerprint density at radius 2 is 2.35 bits per heavy atom. The van der Waals surface area contributed by atoms with Crippen molar-refractivity contribution in [2.24, 2.45) is 0 Å². The second-order valence-corrected chi connectivity index (χ2v) is 4.91. The minimum atomic E-state index is -1.60. The summed E-state index contributed by atoms with van der Waals surface area (Å²) in [4.78, 5) is 22.0. The summed E-state index contributed by atoms with van der Waals surface area (Å²) < 4.78 is 9.87. The highest BCUT2D eigenvalue weighted by Crippen LogP contribution is 2.11. The van der Waals surface area contributed by atoms with Gasteiger partial charge in [0.2, 0.25) is 6.35 Å². The van der Waals surface area contributed by atoms with Gasteiger partial charge in [-0.3, -0.25) is 4.79 Å². The first-order chi connectivity index (χ1) is 8.10. The van der Waals surface area contributed by atoms with Crippen LogP contribution in [0, 0.1) is 11.3 Å². The smallest absolute Gasteiger partial charge is 0.303 e. The number of esters is 1. The molecule has 0 N–H and O–H groups in total. The first-order valence-corrected chi connectivity index (χ1v) is 7.03. The van der Waals surface area contributed by atoms with Crippen LogP contribution < -0.4 is 4.89 Å². The van der Waals surface area contributed by atoms with E-state index in [2.05, 4.69) is 0 Å². The molecule has 0 saturated heterocycles. The van der Waals surface area contributed by atoms with Crippen LogP contribution in [0.15, 0.2) is 0 Å². The van der Waals surface area contributed by atoms with Gasteiger partial charge in [0.1, 0.15) is 6.07 Å². The molecule has 0 saturated carbocycles. The summed E-state index contributed by atoms with van der Waals surface area (Å²) in [7, 11) is -1.60. The lowest BCUT2D eigenvalue weighted by Gasteiger charge is -2.05. The molecule has 0 spiro atoms. The Balaban J connectivity index is 3.87. The van der Waals surface area contributed by atoms with Crippen LogP contribution in [0.2, 0.25) is 0 Å². The normalized spacial score (nSPS) is 12.9. The van der Waals surface area contributed by atoms with E-state index in [0.29, 0.717) is 6.61 Å². The van der Waals surface area contributed by atoms with E-state index in [9.17, 15) is 9.69 Å². The summed E-state index contributed by atoms with van der Waals surface area (Å²) in [5.41, 5.74) is 0. The summed E-state index contributed by atoms with van der Waals surface area (Å²) >= 11 is 0. The van der Waals surface area contributed by atoms with E-state index in [1.54, 1.807) is 0 Å². The van der Waals surface area contributed by atoms with Crippen molar-refractivity contribution >= 4 is 19.5 Å². The van der Waals surface area contributed by atoms with Crippen molar-refractivity contribution in [3.63, 3.8) is 0 Å². The highest BCUT2D eigenvalue weighted by Gasteiger charge is 2.10. The maximum Gasteiger partial charge on any atom is 0.303 e. The van der Waals surface area contributed by atoms with Gasteiger partial charge in [0, 0.05) is 6.92 Å². The molecule has 0 fully saturated rings. The molecule has 0 aromatic carbocycles. The zero-order valence-electron chi connectivity index (χ0n) is 10.2. The number of nitriles is 1. The maximum atomic E-state index is 11.4. The SMILES string of the molecule is CCCCOC[P+]([O-])=CCC(C#N)OC(C)=O. The third kappa shape index (κ3) is 9.95. The highest BCUT2D eigenvalue weighted by molar-refractivity contribution is 7.49. The van der Waals surface area contributed by atoms with Crippen molar-refractivity contribution in [2.75, 3.05) is 13.0 Å². The van der Waals surface area contributed by atoms with Gasteiger partial charge in [-0.15, -0.1) is 0 Å². The van der Waals surface area contributed by atoms with Crippen LogP contribution in [-0.2, 0) is 14.3 Å². The molecule has 0 aliphatic carbocycles. The lowest BCUT2D eigenvalue weighted by atomic mass is 10.3. The molecular formula is C11H18NO4P. The Labute approximate surface area is 103 Å². The molecule has 0 rings (SSSR count). The number of carbonyl (C=O) groups is 1. The molecule has 96 valence electrons. The third-order valence-corrected chi connectivity index (χ3v) is 2.89. The molecule has 2 unspecified atom stereocenters. The van der Waals surface area contributed by atoms with Gasteiger partial charge in [-0.1, -0.05) is 13.3 Å². The number of unbranched alkanes of at least 4 members (excludes halogenated alkanes) is 1. The lowest BCUT2D eigenvalue weighted by Crippen LogP contribution is -2.15. The largest absolute Gasteiger partial charge is 0.629 e. The zero-order chi connectivity index (χ0) is 13.1. The van der Waals surface area contributed by atoms with Gasteiger partial charge in [0.25, 0.3) is 0 Å². The Morgan fingerprint density at radius 3 is 2.88 bits per heavy atom. The van der Waals surface area contributed by atoms with E-state index in [1.807, 2.05) is 13.0 Å². The van der Waals surface area contributed by atoms with E-state index < -0.39 is 19.8 Å². The van der Waals surface area contributed by atoms with E-state index in [4.69, 9.17) is 14.7 Å². The first kappa shape index (κ1) is 16.1. The summed E-state index contributed by atoms with van der Waals surface area (Å²) in [6, 6.07) is 1.82. The van der Waals surface area contributed by atoms with Crippen LogP contribution in [0.4, 0.5) is 0 Å². The molecule has 2 atom stereocenters. The van der Waals surface area contributed by atoms with Crippen LogP contribution in [0.25, 0.3) is 0 Å². The number of hydrogen-bond donors (Lipinski definition) is 0. The van der Waals surface area contributed by atoms with Crippen LogP contribution in [0.3, 0.4) is 0 Å². The van der Waals surface area contributed by atoms with Crippen LogP contribution in [0.5, 0.6) is 0 Å². The summed E-state index contributed by atoms with van der Waals surface area (Å²) in [6.07, 6.45) is 1.44. The van der Waals surface area contributed by atoms with Gasteiger partial charge in [-0.05, 0) is 6.42 Å². The predicted octanol–water partition coefficient (Wildman–Crippen LogP) is 1.17. The molecule has 6 heteroatoms. The van der Waals surface area contributed by atoms with Gasteiger partial charge in [0.05, 0.1) is 26.6 Å². The number of ether oxygens (including phenoxy) is 2. The molecule has 0 aliphatic heterocycles. The monoisotopic (exact) mass is 259 g/mol. The fraction of sp³-hybridized carbons (Fsp3) is 0.727. The first-order valence-electron chi connectivity index (χ1n) is 5.51. The number of hydrogen-bond acceptors (Lipinski definition) is 5. The van der Waals surface area contributed by atoms with Crippen LogP contribution in [-0.4, -0.2) is 30.8 Å². The topological polar surface area (TPSA) is 82.4 Å². The fourth-order valence-corrected chi connectivity index (χ4v) is 1.84. The quantitative estimate of drug-likeness (QED) is 0.371. The Hall–Kier alpha value is -0.950. The van der Waals surface area contributed by atoms with Gasteiger partial charge >= 0.3 is 5.97 Å². The van der Waals surface area contributed by atoms with Crippen molar-refractivity contribution in [3.05, 3.63) is 0 Å². The van der Waals surface area contributed by atoms with Gasteiger partial charge in [0.15, 0.2) is 6.10 Å². The van der Waals surface area contributed by atoms with Crippen LogP contribution in [0.1, 0.15) is 33.1 Å². The molecule has 0 radical (unpaired) electrons. The minimum Gasteiger partial charge on any atom is -0.629 e. The second kappa shape index (κ2) is 10.2. The van der Waals surface area contributed by atoms with Crippen molar-refractivity contribution in [2.45, 2.75) is 39.2 Å². The Morgan fingerprint density at radius 1 is 1.65 bits per heavy atom. The average molecular weight is 259 g/mol. The number of rotatable bonds is 8. The molecule has 5 nitrogen and oxygen atoms in total. The lowest BCUT2D eigenvalue weighted by molar-refractivity contribution is -0.157. The van der Waals surface area contributed by atoms with E-state index >= 15 is 0 Å². The van der Waals surface area contributed by atoms with Gasteiger partial charge in [-0.2, -0.15) is 5.26 Å². The summed E-state index contributed by atoms with van der Waals surface area (Å²) in [6.45, 7) is 3.88. The molecule has 17 heavy (non-hydrogen) atoms. The molecule has 0 amide bonds. The molecule has 0 aliphatic rings. The van der Waals surface area contributed by atoms with E-state index in [0.717, 1.165) is 12.8 Å². The van der Waals surface area contributed by atoms with E-state index in [1.165, 1.54) is 12.7 Å². The Bertz CT molecular complexity index is 298. The minimum absolute atomic E-state index is 0.160. The average Bonchev–Trinajstić information content (AvgIpc) is 2.29. The molecule has 0 heterocycles. The van der Waals surface area contributed by atoms with Crippen LogP contribution >= 0.6 is 7.77 Å². The maximum absolute atomic E-state index is 11.4. The van der Waals surface area contributed by atoms with Gasteiger partial charge < -0.3 is 14.4 Å². The molecule has 0 aromatic rings. The molecular weight excluding hydrogens is 241 g/mol. The predicted molar refractivity (Wildman–Crippen MR) is 64.5 cm³/mol. The number of nitrogens with zero attached hydrogens (tertiary/aromatic N) is 1. The van der Waals surface area contributed by atoms with Crippen molar-refractivity contribution in [1.82, 2.24) is 0 Å². The summed E-state index contributed by atoms with van der Waals surface area (Å²) in [5.74, 6) is 0.956. The number of carbonyl (C=O) groups excluding carboxylic acids is 1. The van der Waals surface area contributed by atoms with Crippen molar-refractivity contribution < 1.29 is 19.2 Å². The molecule has 0 bridgehead atoms. The fourth-order valence-electron chi connectivity index (χ4n) is 0.994. The zero-order valence-corrected chi connectivity index (χ0v) is 11.1. The van der Waals surface area contributed by atoms with E-state index in [-0.39, 0.29) is 12.8 Å². The van der Waals surface area contributed by atoms with Crippen molar-refractivity contribution in [3.8, 4) is 6.07 Å². The van der Waals surface area contributed by atoms with Crippen molar-refractivity contribution in [1.29, 1.82) is 5.26 Å². The third-order valence-electron chi connectivity index (χ3n) is 1.84. The second-order valence-electron chi connectivity index (χ2n) is 3.45. The Kier molecular flexibility index (Phi) is 9.65. The molecule has 0 aromatic heterocycles. The highest BCUT2D eigenvalue weighted by atomic mass is 31.1.